The fourth-order valence-electron chi connectivity index (χ4n) is 1.76. The molecule has 6 nitrogen and oxygen atoms in total. The van der Waals surface area contributed by atoms with Crippen molar-refractivity contribution in [2.75, 3.05) is 0 Å². The van der Waals surface area contributed by atoms with Crippen molar-refractivity contribution in [3.63, 3.8) is 0 Å². The number of rotatable bonds is 4. The third-order valence-corrected chi connectivity index (χ3v) is 2.78. The van der Waals surface area contributed by atoms with Gasteiger partial charge in [0.2, 0.25) is 17.0 Å². The first-order valence-corrected chi connectivity index (χ1v) is 6.32. The Morgan fingerprint density at radius 3 is 2.81 bits per heavy atom. The van der Waals surface area contributed by atoms with Crippen molar-refractivity contribution < 1.29 is 13.7 Å². The molecule has 0 radical (unpaired) electrons. The summed E-state index contributed by atoms with van der Waals surface area (Å²) in [5, 5.41) is 3.87. The number of aryl methyl sites for hydroxylation is 1. The highest BCUT2D eigenvalue weighted by Crippen LogP contribution is 2.15. The normalized spacial score (nSPS) is 10.5. The highest BCUT2D eigenvalue weighted by molar-refractivity contribution is 5.53. The van der Waals surface area contributed by atoms with E-state index in [1.807, 2.05) is 30.3 Å². The Morgan fingerprint density at radius 1 is 1.24 bits per heavy atom. The molecule has 0 fully saturated rings. The van der Waals surface area contributed by atoms with E-state index in [1.54, 1.807) is 6.92 Å². The minimum absolute atomic E-state index is 0.00759. The SMILES string of the molecule is Cc1cc(=O)c(OCc2nc(-c3ccccc3)no2)co1. The van der Waals surface area contributed by atoms with Crippen molar-refractivity contribution in [1.29, 1.82) is 0 Å². The number of nitrogens with zero attached hydrogens (tertiary/aromatic N) is 2. The molecule has 0 amide bonds. The molecule has 0 aliphatic carbocycles. The van der Waals surface area contributed by atoms with Crippen LogP contribution in [0.1, 0.15) is 11.7 Å². The lowest BCUT2D eigenvalue weighted by Crippen LogP contribution is -2.07. The summed E-state index contributed by atoms with van der Waals surface area (Å²) in [4.78, 5) is 15.8. The lowest BCUT2D eigenvalue weighted by atomic mass is 10.2. The first-order chi connectivity index (χ1) is 10.2. The summed E-state index contributed by atoms with van der Waals surface area (Å²) in [5.74, 6) is 1.40. The summed E-state index contributed by atoms with van der Waals surface area (Å²) in [7, 11) is 0. The largest absolute Gasteiger partial charge is 0.477 e. The van der Waals surface area contributed by atoms with Gasteiger partial charge in [-0.3, -0.25) is 4.79 Å². The van der Waals surface area contributed by atoms with Crippen LogP contribution in [0.3, 0.4) is 0 Å². The van der Waals surface area contributed by atoms with Crippen LogP contribution in [0, 0.1) is 6.92 Å². The van der Waals surface area contributed by atoms with E-state index in [2.05, 4.69) is 10.1 Å². The second-order valence-corrected chi connectivity index (χ2v) is 4.39. The molecule has 0 spiro atoms. The van der Waals surface area contributed by atoms with Gasteiger partial charge in [-0.1, -0.05) is 35.5 Å². The Kier molecular flexibility index (Phi) is 3.51. The van der Waals surface area contributed by atoms with Crippen LogP contribution in [0.15, 0.2) is 56.4 Å². The van der Waals surface area contributed by atoms with E-state index in [0.29, 0.717) is 11.6 Å². The first kappa shape index (κ1) is 13.1. The second-order valence-electron chi connectivity index (χ2n) is 4.39. The van der Waals surface area contributed by atoms with E-state index in [9.17, 15) is 4.79 Å². The van der Waals surface area contributed by atoms with Crippen LogP contribution >= 0.6 is 0 Å². The first-order valence-electron chi connectivity index (χ1n) is 6.32. The lowest BCUT2D eigenvalue weighted by Gasteiger charge is -2.01. The van der Waals surface area contributed by atoms with Crippen molar-refractivity contribution in [2.45, 2.75) is 13.5 Å². The van der Waals surface area contributed by atoms with Crippen molar-refractivity contribution in [2.24, 2.45) is 0 Å². The van der Waals surface area contributed by atoms with Gasteiger partial charge >= 0.3 is 0 Å². The highest BCUT2D eigenvalue weighted by Gasteiger charge is 2.10. The molecule has 21 heavy (non-hydrogen) atoms. The van der Waals surface area contributed by atoms with Crippen LogP contribution in [-0.2, 0) is 6.61 Å². The van der Waals surface area contributed by atoms with E-state index in [0.717, 1.165) is 5.56 Å². The maximum absolute atomic E-state index is 11.6. The molecule has 0 aliphatic heterocycles. The zero-order chi connectivity index (χ0) is 14.7. The highest BCUT2D eigenvalue weighted by atomic mass is 16.5. The van der Waals surface area contributed by atoms with E-state index < -0.39 is 0 Å². The van der Waals surface area contributed by atoms with E-state index in [1.165, 1.54) is 12.3 Å². The van der Waals surface area contributed by atoms with Crippen molar-refractivity contribution in [3.8, 4) is 17.1 Å². The Morgan fingerprint density at radius 2 is 2.05 bits per heavy atom. The zero-order valence-corrected chi connectivity index (χ0v) is 11.3. The van der Waals surface area contributed by atoms with Crippen LogP contribution < -0.4 is 10.2 Å². The Labute approximate surface area is 120 Å². The third-order valence-electron chi connectivity index (χ3n) is 2.78. The Balaban J connectivity index is 1.72. The molecule has 0 saturated carbocycles. The molecule has 0 bridgehead atoms. The second kappa shape index (κ2) is 5.62. The lowest BCUT2D eigenvalue weighted by molar-refractivity contribution is 0.235. The maximum Gasteiger partial charge on any atom is 0.264 e. The fraction of sp³-hybridized carbons (Fsp3) is 0.133. The molecule has 0 saturated heterocycles. The van der Waals surface area contributed by atoms with Crippen LogP contribution in [0.2, 0.25) is 0 Å². The van der Waals surface area contributed by atoms with Gasteiger partial charge in [0.05, 0.1) is 0 Å². The van der Waals surface area contributed by atoms with Gasteiger partial charge in [-0.15, -0.1) is 0 Å². The number of benzene rings is 1. The Bertz CT molecular complexity index is 793. The predicted octanol–water partition coefficient (Wildman–Crippen LogP) is 2.58. The van der Waals surface area contributed by atoms with Gasteiger partial charge in [-0.2, -0.15) is 4.98 Å². The van der Waals surface area contributed by atoms with Crippen LogP contribution in [-0.4, -0.2) is 10.1 Å². The summed E-state index contributed by atoms with van der Waals surface area (Å²) >= 11 is 0. The molecule has 3 rings (SSSR count). The molecule has 0 aliphatic rings. The topological polar surface area (TPSA) is 78.4 Å². The quantitative estimate of drug-likeness (QED) is 0.732. The van der Waals surface area contributed by atoms with Gasteiger partial charge in [-0.05, 0) is 6.92 Å². The summed E-state index contributed by atoms with van der Waals surface area (Å²) in [6.07, 6.45) is 1.27. The molecule has 0 unspecified atom stereocenters. The average molecular weight is 284 g/mol. The summed E-state index contributed by atoms with van der Waals surface area (Å²) < 4.78 is 15.5. The molecule has 2 aromatic heterocycles. The predicted molar refractivity (Wildman–Crippen MR) is 73.8 cm³/mol. The van der Waals surface area contributed by atoms with Crippen molar-refractivity contribution in [3.05, 3.63) is 64.5 Å². The minimum atomic E-state index is -0.249. The average Bonchev–Trinajstić information content (AvgIpc) is 2.96. The zero-order valence-electron chi connectivity index (χ0n) is 11.3. The summed E-state index contributed by atoms with van der Waals surface area (Å²) in [6.45, 7) is 1.70. The van der Waals surface area contributed by atoms with E-state index >= 15 is 0 Å². The fourth-order valence-corrected chi connectivity index (χ4v) is 1.76. The third kappa shape index (κ3) is 3.00. The minimum Gasteiger partial charge on any atom is -0.477 e. The molecular weight excluding hydrogens is 272 g/mol. The molecular formula is C15H12N2O4. The molecule has 0 N–H and O–H groups in total. The molecule has 3 aromatic rings. The van der Waals surface area contributed by atoms with Crippen molar-refractivity contribution in [1.82, 2.24) is 10.1 Å². The number of hydrogen-bond acceptors (Lipinski definition) is 6. The van der Waals surface area contributed by atoms with E-state index in [4.69, 9.17) is 13.7 Å². The molecule has 106 valence electrons. The molecule has 2 heterocycles. The number of hydrogen-bond donors (Lipinski definition) is 0. The molecule has 1 aromatic carbocycles. The van der Waals surface area contributed by atoms with Gasteiger partial charge < -0.3 is 13.7 Å². The van der Waals surface area contributed by atoms with Crippen molar-refractivity contribution >= 4 is 0 Å². The van der Waals surface area contributed by atoms with Crippen LogP contribution in [0.25, 0.3) is 11.4 Å². The molecule has 0 atom stereocenters. The van der Waals surface area contributed by atoms with Gasteiger partial charge in [0.15, 0.2) is 6.61 Å². The molecule has 6 heteroatoms. The summed E-state index contributed by atoms with van der Waals surface area (Å²) in [6, 6.07) is 10.8. The van der Waals surface area contributed by atoms with Gasteiger partial charge in [0, 0.05) is 11.6 Å². The van der Waals surface area contributed by atoms with Crippen LogP contribution in [0.5, 0.6) is 5.75 Å². The van der Waals surface area contributed by atoms with Gasteiger partial charge in [0.25, 0.3) is 5.89 Å². The maximum atomic E-state index is 11.6. The number of aromatic nitrogens is 2. The smallest absolute Gasteiger partial charge is 0.264 e. The Hall–Kier alpha value is -2.89. The number of ether oxygens (including phenoxy) is 1. The monoisotopic (exact) mass is 284 g/mol. The van der Waals surface area contributed by atoms with Gasteiger partial charge in [-0.25, -0.2) is 0 Å². The summed E-state index contributed by atoms with van der Waals surface area (Å²) in [5.41, 5.74) is 0.601. The van der Waals surface area contributed by atoms with E-state index in [-0.39, 0.29) is 23.7 Å². The standard InChI is InChI=1S/C15H12N2O4/c1-10-7-12(18)13(8-19-10)20-9-14-16-15(17-21-14)11-5-3-2-4-6-11/h2-8H,9H2,1H3. The van der Waals surface area contributed by atoms with Gasteiger partial charge in [0.1, 0.15) is 12.0 Å². The van der Waals surface area contributed by atoms with Crippen LogP contribution in [0.4, 0.5) is 0 Å².